The predicted molar refractivity (Wildman–Crippen MR) is 68.9 cm³/mol. The zero-order chi connectivity index (χ0) is 13.1. The fourth-order valence-corrected chi connectivity index (χ4v) is 1.78. The second-order valence-electron chi connectivity index (χ2n) is 3.68. The quantitative estimate of drug-likeness (QED) is 0.881. The van der Waals surface area contributed by atoms with Crippen molar-refractivity contribution in [3.05, 3.63) is 51.7 Å². The average Bonchev–Trinajstić information content (AvgIpc) is 2.75. The van der Waals surface area contributed by atoms with E-state index in [1.54, 1.807) is 6.07 Å². The van der Waals surface area contributed by atoms with Crippen LogP contribution in [-0.4, -0.2) is 10.9 Å². The summed E-state index contributed by atoms with van der Waals surface area (Å²) in [7, 11) is 0. The molecule has 6 heteroatoms. The van der Waals surface area contributed by atoms with E-state index in [2.05, 4.69) is 10.3 Å². The first-order valence-corrected chi connectivity index (χ1v) is 5.96. The van der Waals surface area contributed by atoms with E-state index in [0.29, 0.717) is 17.9 Å². The van der Waals surface area contributed by atoms with Crippen molar-refractivity contribution < 1.29 is 9.21 Å². The molecule has 94 valence electrons. The van der Waals surface area contributed by atoms with E-state index >= 15 is 0 Å². The number of carbonyl (C=O) groups excluding carboxylic acids is 1. The SMILES string of the molecule is Cc1ccc(CNC(=O)c2cc(Cl)ncc2Cl)o1. The van der Waals surface area contributed by atoms with Crippen molar-refractivity contribution in [1.29, 1.82) is 0 Å². The minimum absolute atomic E-state index is 0.221. The van der Waals surface area contributed by atoms with Gasteiger partial charge in [0.1, 0.15) is 16.7 Å². The number of carbonyl (C=O) groups is 1. The molecule has 0 radical (unpaired) electrons. The third-order valence-electron chi connectivity index (χ3n) is 2.29. The summed E-state index contributed by atoms with van der Waals surface area (Å²) in [6.07, 6.45) is 1.34. The zero-order valence-electron chi connectivity index (χ0n) is 9.54. The molecular weight excluding hydrogens is 275 g/mol. The molecule has 0 aromatic carbocycles. The third-order valence-corrected chi connectivity index (χ3v) is 2.79. The number of furan rings is 1. The molecule has 0 fully saturated rings. The van der Waals surface area contributed by atoms with Crippen LogP contribution in [0.2, 0.25) is 10.2 Å². The molecule has 2 rings (SSSR count). The maximum Gasteiger partial charge on any atom is 0.253 e. The van der Waals surface area contributed by atoms with E-state index < -0.39 is 0 Å². The maximum absolute atomic E-state index is 11.9. The van der Waals surface area contributed by atoms with Crippen molar-refractivity contribution in [2.24, 2.45) is 0 Å². The summed E-state index contributed by atoms with van der Waals surface area (Å²) in [6, 6.07) is 5.06. The first-order valence-electron chi connectivity index (χ1n) is 5.21. The summed E-state index contributed by atoms with van der Waals surface area (Å²) < 4.78 is 5.34. The predicted octanol–water partition coefficient (Wildman–Crippen LogP) is 3.22. The van der Waals surface area contributed by atoms with Gasteiger partial charge in [-0.25, -0.2) is 4.98 Å². The van der Waals surface area contributed by atoms with Gasteiger partial charge in [-0.15, -0.1) is 0 Å². The van der Waals surface area contributed by atoms with Gasteiger partial charge < -0.3 is 9.73 Å². The molecule has 0 unspecified atom stereocenters. The summed E-state index contributed by atoms with van der Waals surface area (Å²) in [4.78, 5) is 15.7. The van der Waals surface area contributed by atoms with Crippen molar-refractivity contribution >= 4 is 29.1 Å². The molecule has 0 bridgehead atoms. The van der Waals surface area contributed by atoms with Gasteiger partial charge in [-0.1, -0.05) is 23.2 Å². The smallest absolute Gasteiger partial charge is 0.253 e. The molecule has 2 heterocycles. The summed E-state index contributed by atoms with van der Waals surface area (Å²) >= 11 is 11.6. The van der Waals surface area contributed by atoms with Crippen LogP contribution in [-0.2, 0) is 6.54 Å². The number of aromatic nitrogens is 1. The molecule has 4 nitrogen and oxygen atoms in total. The second-order valence-corrected chi connectivity index (χ2v) is 4.48. The number of amides is 1. The number of halogens is 2. The van der Waals surface area contributed by atoms with E-state index in [1.165, 1.54) is 12.3 Å². The Hall–Kier alpha value is -1.52. The second kappa shape index (κ2) is 5.42. The number of rotatable bonds is 3. The van der Waals surface area contributed by atoms with Gasteiger partial charge in [-0.3, -0.25) is 4.79 Å². The van der Waals surface area contributed by atoms with Gasteiger partial charge >= 0.3 is 0 Å². The van der Waals surface area contributed by atoms with Crippen LogP contribution >= 0.6 is 23.2 Å². The molecule has 0 saturated carbocycles. The molecule has 0 aliphatic carbocycles. The highest BCUT2D eigenvalue weighted by Crippen LogP contribution is 2.18. The van der Waals surface area contributed by atoms with Gasteiger partial charge in [0.15, 0.2) is 0 Å². The number of hydrogen-bond donors (Lipinski definition) is 1. The van der Waals surface area contributed by atoms with Gasteiger partial charge in [-0.05, 0) is 25.1 Å². The molecular formula is C12H10Cl2N2O2. The van der Waals surface area contributed by atoms with E-state index in [1.807, 2.05) is 13.0 Å². The van der Waals surface area contributed by atoms with Crippen LogP contribution in [0, 0.1) is 6.92 Å². The Labute approximate surface area is 114 Å². The van der Waals surface area contributed by atoms with Gasteiger partial charge in [0.25, 0.3) is 5.91 Å². The molecule has 18 heavy (non-hydrogen) atoms. The largest absolute Gasteiger partial charge is 0.465 e. The Morgan fingerprint density at radius 2 is 2.22 bits per heavy atom. The molecule has 0 spiro atoms. The lowest BCUT2D eigenvalue weighted by Gasteiger charge is -2.05. The van der Waals surface area contributed by atoms with Crippen LogP contribution < -0.4 is 5.32 Å². The molecule has 1 amide bonds. The molecule has 0 aliphatic rings. The van der Waals surface area contributed by atoms with Gasteiger partial charge in [0, 0.05) is 6.20 Å². The Bertz CT molecular complexity index is 581. The third kappa shape index (κ3) is 3.03. The van der Waals surface area contributed by atoms with E-state index in [9.17, 15) is 4.79 Å². The van der Waals surface area contributed by atoms with Gasteiger partial charge in [-0.2, -0.15) is 0 Å². The van der Waals surface area contributed by atoms with Crippen molar-refractivity contribution in [3.63, 3.8) is 0 Å². The van der Waals surface area contributed by atoms with Crippen LogP contribution in [0.1, 0.15) is 21.9 Å². The number of pyridine rings is 1. The number of nitrogens with one attached hydrogen (secondary N) is 1. The Morgan fingerprint density at radius 1 is 1.44 bits per heavy atom. The minimum Gasteiger partial charge on any atom is -0.465 e. The summed E-state index contributed by atoms with van der Waals surface area (Å²) in [5.41, 5.74) is 0.292. The van der Waals surface area contributed by atoms with Gasteiger partial charge in [0.2, 0.25) is 0 Å². The van der Waals surface area contributed by atoms with E-state index in [-0.39, 0.29) is 16.1 Å². The molecule has 0 aliphatic heterocycles. The summed E-state index contributed by atoms with van der Waals surface area (Å²) in [5.74, 6) is 1.15. The molecule has 0 atom stereocenters. The molecule has 2 aromatic rings. The molecule has 2 aromatic heterocycles. The van der Waals surface area contributed by atoms with E-state index in [0.717, 1.165) is 5.76 Å². The fourth-order valence-electron chi connectivity index (χ4n) is 1.43. The normalized spacial score (nSPS) is 10.4. The fraction of sp³-hybridized carbons (Fsp3) is 0.167. The van der Waals surface area contributed by atoms with Crippen molar-refractivity contribution in [3.8, 4) is 0 Å². The molecule has 1 N–H and O–H groups in total. The lowest BCUT2D eigenvalue weighted by molar-refractivity contribution is 0.0948. The highest BCUT2D eigenvalue weighted by molar-refractivity contribution is 6.35. The number of aryl methyl sites for hydroxylation is 1. The maximum atomic E-state index is 11.9. The first-order chi connectivity index (χ1) is 8.56. The van der Waals surface area contributed by atoms with Crippen LogP contribution in [0.5, 0.6) is 0 Å². The lowest BCUT2D eigenvalue weighted by Crippen LogP contribution is -2.23. The van der Waals surface area contributed by atoms with Crippen molar-refractivity contribution in [1.82, 2.24) is 10.3 Å². The average molecular weight is 285 g/mol. The van der Waals surface area contributed by atoms with Crippen LogP contribution in [0.4, 0.5) is 0 Å². The Morgan fingerprint density at radius 3 is 2.89 bits per heavy atom. The highest BCUT2D eigenvalue weighted by atomic mass is 35.5. The van der Waals surface area contributed by atoms with Crippen LogP contribution in [0.15, 0.2) is 28.8 Å². The molecule has 0 saturated heterocycles. The topological polar surface area (TPSA) is 55.1 Å². The van der Waals surface area contributed by atoms with Crippen molar-refractivity contribution in [2.75, 3.05) is 0 Å². The number of nitrogens with zero attached hydrogens (tertiary/aromatic N) is 1. The Kier molecular flexibility index (Phi) is 3.89. The standard InChI is InChI=1S/C12H10Cl2N2O2/c1-7-2-3-8(18-7)5-16-12(17)9-4-11(14)15-6-10(9)13/h2-4,6H,5H2,1H3,(H,16,17). The highest BCUT2D eigenvalue weighted by Gasteiger charge is 2.12. The number of hydrogen-bond acceptors (Lipinski definition) is 3. The summed E-state index contributed by atoms with van der Waals surface area (Å²) in [5, 5.41) is 3.17. The monoisotopic (exact) mass is 284 g/mol. The van der Waals surface area contributed by atoms with E-state index in [4.69, 9.17) is 27.6 Å². The lowest BCUT2D eigenvalue weighted by atomic mass is 10.2. The minimum atomic E-state index is -0.321. The van der Waals surface area contributed by atoms with Crippen LogP contribution in [0.25, 0.3) is 0 Å². The Balaban J connectivity index is 2.05. The first kappa shape index (κ1) is 12.9. The summed E-state index contributed by atoms with van der Waals surface area (Å²) in [6.45, 7) is 2.13. The van der Waals surface area contributed by atoms with Crippen molar-refractivity contribution in [2.45, 2.75) is 13.5 Å². The van der Waals surface area contributed by atoms with Gasteiger partial charge in [0.05, 0.1) is 17.1 Å². The zero-order valence-corrected chi connectivity index (χ0v) is 11.0. The van der Waals surface area contributed by atoms with Crippen LogP contribution in [0.3, 0.4) is 0 Å².